The van der Waals surface area contributed by atoms with Gasteiger partial charge in [0, 0.05) is 16.8 Å². The first-order valence-corrected chi connectivity index (χ1v) is 9.41. The molecule has 0 spiro atoms. The van der Waals surface area contributed by atoms with Gasteiger partial charge in [0.2, 0.25) is 0 Å². The van der Waals surface area contributed by atoms with Crippen molar-refractivity contribution in [3.05, 3.63) is 100 Å². The Bertz CT molecular complexity index is 1210. The number of carbonyl (C=O) groups excluding carboxylic acids is 2. The van der Waals surface area contributed by atoms with E-state index in [-0.39, 0.29) is 17.0 Å². The minimum atomic E-state index is -1.07. The summed E-state index contributed by atoms with van der Waals surface area (Å²) in [6.07, 6.45) is 0. The number of nitrogens with one attached hydrogen (secondary N) is 1. The lowest BCUT2D eigenvalue weighted by molar-refractivity contribution is -0.120. The smallest absolute Gasteiger partial charge is 0.282 e. The Balaban J connectivity index is 1.83. The molecule has 1 aliphatic heterocycles. The van der Waals surface area contributed by atoms with Gasteiger partial charge in [-0.05, 0) is 48.4 Å². The molecule has 7 heteroatoms. The molecule has 0 unspecified atom stereocenters. The molecule has 150 valence electrons. The molecule has 4 nitrogen and oxygen atoms in total. The molecular formula is C23H15ClF2N2O2. The van der Waals surface area contributed by atoms with Gasteiger partial charge in [0.1, 0.15) is 5.70 Å². The van der Waals surface area contributed by atoms with Crippen LogP contribution in [-0.4, -0.2) is 11.8 Å². The molecule has 0 aromatic heterocycles. The number of hydrogen-bond donors (Lipinski definition) is 1. The zero-order valence-corrected chi connectivity index (χ0v) is 16.5. The highest BCUT2D eigenvalue weighted by atomic mass is 35.5. The van der Waals surface area contributed by atoms with Gasteiger partial charge >= 0.3 is 0 Å². The van der Waals surface area contributed by atoms with Crippen LogP contribution in [0.3, 0.4) is 0 Å². The normalized spacial score (nSPS) is 13.9. The second-order valence-corrected chi connectivity index (χ2v) is 7.18. The molecule has 4 rings (SSSR count). The second-order valence-electron chi connectivity index (χ2n) is 6.75. The molecule has 0 saturated heterocycles. The summed E-state index contributed by atoms with van der Waals surface area (Å²) in [6, 6.07) is 16.7. The fourth-order valence-corrected chi connectivity index (χ4v) is 3.55. The van der Waals surface area contributed by atoms with Gasteiger partial charge in [-0.15, -0.1) is 0 Å². The highest BCUT2D eigenvalue weighted by molar-refractivity contribution is 6.46. The van der Waals surface area contributed by atoms with Crippen molar-refractivity contribution in [2.45, 2.75) is 6.92 Å². The molecule has 3 aromatic rings. The van der Waals surface area contributed by atoms with Crippen LogP contribution >= 0.6 is 11.6 Å². The Kier molecular flexibility index (Phi) is 5.10. The zero-order valence-electron chi connectivity index (χ0n) is 15.7. The first-order chi connectivity index (χ1) is 14.4. The lowest BCUT2D eigenvalue weighted by Gasteiger charge is -2.18. The van der Waals surface area contributed by atoms with Crippen LogP contribution in [0, 0.1) is 18.6 Å². The van der Waals surface area contributed by atoms with Crippen molar-refractivity contribution in [3.8, 4) is 0 Å². The first-order valence-electron chi connectivity index (χ1n) is 9.03. The number of halogens is 3. The lowest BCUT2D eigenvalue weighted by Crippen LogP contribution is -2.33. The van der Waals surface area contributed by atoms with Crippen molar-refractivity contribution in [1.29, 1.82) is 0 Å². The van der Waals surface area contributed by atoms with Crippen LogP contribution in [0.15, 0.2) is 72.4 Å². The largest absolute Gasteiger partial charge is 0.350 e. The fourth-order valence-electron chi connectivity index (χ4n) is 3.33. The molecule has 1 N–H and O–H groups in total. The van der Waals surface area contributed by atoms with Gasteiger partial charge in [0.15, 0.2) is 11.6 Å². The Hall–Kier alpha value is -3.51. The van der Waals surface area contributed by atoms with E-state index in [1.165, 1.54) is 6.07 Å². The van der Waals surface area contributed by atoms with Gasteiger partial charge < -0.3 is 5.32 Å². The molecule has 3 aromatic carbocycles. The molecule has 0 bridgehead atoms. The van der Waals surface area contributed by atoms with E-state index >= 15 is 0 Å². The van der Waals surface area contributed by atoms with Gasteiger partial charge in [0.05, 0.1) is 11.3 Å². The van der Waals surface area contributed by atoms with Crippen molar-refractivity contribution in [1.82, 2.24) is 0 Å². The number of benzene rings is 3. The lowest BCUT2D eigenvalue weighted by atomic mass is 10.0. The molecule has 0 atom stereocenters. The quantitative estimate of drug-likeness (QED) is 0.576. The Morgan fingerprint density at radius 1 is 0.867 bits per heavy atom. The average Bonchev–Trinajstić information content (AvgIpc) is 2.95. The van der Waals surface area contributed by atoms with Crippen LogP contribution < -0.4 is 10.2 Å². The van der Waals surface area contributed by atoms with E-state index in [1.807, 2.05) is 0 Å². The molecule has 1 aliphatic rings. The number of amides is 2. The monoisotopic (exact) mass is 424 g/mol. The highest BCUT2D eigenvalue weighted by Crippen LogP contribution is 2.35. The number of carbonyl (C=O) groups is 2. The molecule has 0 fully saturated rings. The summed E-state index contributed by atoms with van der Waals surface area (Å²) in [5.74, 6) is -3.20. The van der Waals surface area contributed by atoms with E-state index in [0.29, 0.717) is 21.8 Å². The summed E-state index contributed by atoms with van der Waals surface area (Å²) in [5.41, 5.74) is 1.82. The molecule has 2 amide bonds. The number of aryl methyl sites for hydroxylation is 1. The van der Waals surface area contributed by atoms with Gasteiger partial charge in [-0.25, -0.2) is 13.7 Å². The van der Waals surface area contributed by atoms with Crippen molar-refractivity contribution in [2.75, 3.05) is 10.2 Å². The predicted octanol–water partition coefficient (Wildman–Crippen LogP) is 5.32. The van der Waals surface area contributed by atoms with Crippen LogP contribution in [-0.2, 0) is 9.59 Å². The third kappa shape index (κ3) is 3.46. The molecule has 0 aliphatic carbocycles. The van der Waals surface area contributed by atoms with E-state index in [2.05, 4.69) is 5.32 Å². The van der Waals surface area contributed by atoms with Gasteiger partial charge in [-0.3, -0.25) is 9.59 Å². The zero-order chi connectivity index (χ0) is 21.4. The maximum absolute atomic E-state index is 13.7. The molecular weight excluding hydrogens is 410 g/mol. The topological polar surface area (TPSA) is 49.4 Å². The van der Waals surface area contributed by atoms with E-state index in [4.69, 9.17) is 11.6 Å². The summed E-state index contributed by atoms with van der Waals surface area (Å²) in [5, 5.41) is 3.28. The van der Waals surface area contributed by atoms with Gasteiger partial charge in [-0.1, -0.05) is 41.9 Å². The molecule has 0 radical (unpaired) electrons. The van der Waals surface area contributed by atoms with Crippen LogP contribution in [0.4, 0.5) is 20.2 Å². The number of nitrogens with zero attached hydrogens (tertiary/aromatic N) is 1. The maximum Gasteiger partial charge on any atom is 0.282 e. The summed E-state index contributed by atoms with van der Waals surface area (Å²) in [4.78, 5) is 27.6. The molecule has 0 saturated carbocycles. The van der Waals surface area contributed by atoms with Gasteiger partial charge in [-0.2, -0.15) is 0 Å². The SMILES string of the molecule is Cc1cc(Cl)ccc1N1C(=O)C(Nc2ccc(F)c(F)c2)=C(c2ccccc2)C1=O. The van der Waals surface area contributed by atoms with Crippen molar-refractivity contribution in [2.24, 2.45) is 0 Å². The average molecular weight is 425 g/mol. The minimum absolute atomic E-state index is 0.0217. The Morgan fingerprint density at radius 2 is 1.60 bits per heavy atom. The summed E-state index contributed by atoms with van der Waals surface area (Å²) in [7, 11) is 0. The first kappa shape index (κ1) is 19.8. The standard InChI is InChI=1S/C23H15ClF2N2O2/c1-13-11-15(24)7-10-19(13)28-22(29)20(14-5-3-2-4-6-14)21(23(28)30)27-16-8-9-17(25)18(26)12-16/h2-12,27H,1H3. The van der Waals surface area contributed by atoms with Crippen LogP contribution in [0.5, 0.6) is 0 Å². The van der Waals surface area contributed by atoms with Gasteiger partial charge in [0.25, 0.3) is 11.8 Å². The maximum atomic E-state index is 13.7. The third-order valence-electron chi connectivity index (χ3n) is 4.74. The Morgan fingerprint density at radius 3 is 2.27 bits per heavy atom. The number of rotatable bonds is 4. The molecule has 30 heavy (non-hydrogen) atoms. The van der Waals surface area contributed by atoms with Crippen molar-refractivity contribution >= 4 is 40.4 Å². The number of imide groups is 1. The second kappa shape index (κ2) is 7.72. The van der Waals surface area contributed by atoms with E-state index in [9.17, 15) is 18.4 Å². The van der Waals surface area contributed by atoms with E-state index in [1.54, 1.807) is 55.5 Å². The van der Waals surface area contributed by atoms with Crippen molar-refractivity contribution in [3.63, 3.8) is 0 Å². The van der Waals surface area contributed by atoms with Crippen LogP contribution in [0.2, 0.25) is 5.02 Å². The van der Waals surface area contributed by atoms with Crippen LogP contribution in [0.1, 0.15) is 11.1 Å². The molecule has 1 heterocycles. The summed E-state index contributed by atoms with van der Waals surface area (Å²) >= 11 is 6.01. The highest BCUT2D eigenvalue weighted by Gasteiger charge is 2.40. The number of anilines is 2. The summed E-state index contributed by atoms with van der Waals surface area (Å²) in [6.45, 7) is 1.74. The minimum Gasteiger partial charge on any atom is -0.350 e. The predicted molar refractivity (Wildman–Crippen MR) is 112 cm³/mol. The van der Waals surface area contributed by atoms with E-state index in [0.717, 1.165) is 17.0 Å². The third-order valence-corrected chi connectivity index (χ3v) is 4.97. The van der Waals surface area contributed by atoms with Crippen molar-refractivity contribution < 1.29 is 18.4 Å². The number of hydrogen-bond acceptors (Lipinski definition) is 3. The summed E-state index contributed by atoms with van der Waals surface area (Å²) < 4.78 is 27.0. The van der Waals surface area contributed by atoms with E-state index < -0.39 is 23.4 Å². The Labute approximate surface area is 176 Å². The fraction of sp³-hybridized carbons (Fsp3) is 0.0435. The van der Waals surface area contributed by atoms with Crippen LogP contribution in [0.25, 0.3) is 5.57 Å².